The van der Waals surface area contributed by atoms with Crippen LogP contribution in [0.5, 0.6) is 5.75 Å². The summed E-state index contributed by atoms with van der Waals surface area (Å²) in [6.45, 7) is -3.74. The van der Waals surface area contributed by atoms with Gasteiger partial charge in [-0.15, -0.1) is 0 Å². The van der Waals surface area contributed by atoms with Crippen molar-refractivity contribution < 1.29 is 32.2 Å². The van der Waals surface area contributed by atoms with E-state index in [1.165, 1.54) is 0 Å². The quantitative estimate of drug-likeness (QED) is 0.793. The minimum atomic E-state index is -3.25. The van der Waals surface area contributed by atoms with Gasteiger partial charge in [-0.3, -0.25) is 4.79 Å². The van der Waals surface area contributed by atoms with E-state index in [0.717, 1.165) is 0 Å². The lowest BCUT2D eigenvalue weighted by Gasteiger charge is -2.17. The monoisotopic (exact) mass is 343 g/mol. The maximum Gasteiger partial charge on any atom is 0.387 e. The fraction of sp³-hybridized carbons (Fsp3) is 0.188. The highest BCUT2D eigenvalue weighted by Gasteiger charge is 2.23. The molecule has 0 saturated heterocycles. The fourth-order valence-corrected chi connectivity index (χ4v) is 2.09. The van der Waals surface area contributed by atoms with Gasteiger partial charge in [0.25, 0.3) is 5.91 Å². The van der Waals surface area contributed by atoms with Crippen molar-refractivity contribution in [3.8, 4) is 5.75 Å². The van der Waals surface area contributed by atoms with Crippen molar-refractivity contribution in [2.24, 2.45) is 0 Å². The maximum absolute atomic E-state index is 13.9. The average molecular weight is 343 g/mol. The molecule has 0 aliphatic heterocycles. The first-order valence-corrected chi connectivity index (χ1v) is 6.83. The Bertz CT molecular complexity index is 687. The van der Waals surface area contributed by atoms with Crippen LogP contribution >= 0.6 is 0 Å². The van der Waals surface area contributed by atoms with Crippen LogP contribution in [-0.2, 0) is 0 Å². The highest BCUT2D eigenvalue weighted by Crippen LogP contribution is 2.23. The summed E-state index contributed by atoms with van der Waals surface area (Å²) >= 11 is 0. The molecule has 1 atom stereocenters. The molecule has 0 bridgehead atoms. The molecule has 0 aliphatic carbocycles. The van der Waals surface area contributed by atoms with Crippen LogP contribution in [0.3, 0.4) is 0 Å². The molecule has 0 heterocycles. The molecule has 24 heavy (non-hydrogen) atoms. The first kappa shape index (κ1) is 17.7. The number of hydrogen-bond donors (Lipinski definition) is 2. The molecule has 0 unspecified atom stereocenters. The van der Waals surface area contributed by atoms with Crippen LogP contribution in [0.25, 0.3) is 0 Å². The molecule has 128 valence electrons. The van der Waals surface area contributed by atoms with E-state index < -0.39 is 48.1 Å². The Labute approximate surface area is 134 Å². The summed E-state index contributed by atoms with van der Waals surface area (Å²) in [6, 6.07) is 8.39. The number of carbonyl (C=O) groups is 1. The maximum atomic E-state index is 13.9. The third-order valence-corrected chi connectivity index (χ3v) is 3.16. The number of hydrogen-bond acceptors (Lipinski definition) is 3. The predicted octanol–water partition coefficient (Wildman–Crippen LogP) is 3.03. The molecule has 0 aromatic heterocycles. The number of aliphatic hydroxyl groups excluding tert-OH is 1. The highest BCUT2D eigenvalue weighted by molar-refractivity contribution is 5.95. The number of ether oxygens (including phenoxy) is 1. The zero-order valence-corrected chi connectivity index (χ0v) is 12.2. The second-order valence-electron chi connectivity index (χ2n) is 4.76. The number of halogens is 4. The molecule has 4 nitrogen and oxygen atoms in total. The molecule has 2 aromatic rings. The number of carbonyl (C=O) groups excluding carboxylic acids is 1. The summed E-state index contributed by atoms with van der Waals surface area (Å²) < 4.78 is 55.8. The normalized spacial score (nSPS) is 12.1. The van der Waals surface area contributed by atoms with E-state index in [-0.39, 0.29) is 0 Å². The molecule has 2 rings (SSSR count). The number of aliphatic hydroxyl groups is 1. The molecule has 8 heteroatoms. The van der Waals surface area contributed by atoms with Gasteiger partial charge in [0.15, 0.2) is 0 Å². The number of nitrogens with one attached hydrogen (secondary N) is 1. The van der Waals surface area contributed by atoms with Gasteiger partial charge in [0.05, 0.1) is 12.6 Å². The third kappa shape index (κ3) is 4.23. The minimum Gasteiger partial charge on any atom is -0.435 e. The topological polar surface area (TPSA) is 58.6 Å². The van der Waals surface area contributed by atoms with Gasteiger partial charge >= 0.3 is 6.61 Å². The van der Waals surface area contributed by atoms with Gasteiger partial charge in [-0.1, -0.05) is 30.3 Å². The molecule has 2 aromatic carbocycles. The Morgan fingerprint density at radius 3 is 2.21 bits per heavy atom. The molecule has 1 amide bonds. The van der Waals surface area contributed by atoms with Gasteiger partial charge in [-0.25, -0.2) is 8.78 Å². The van der Waals surface area contributed by atoms with Crippen molar-refractivity contribution in [2.45, 2.75) is 12.7 Å². The molecular formula is C16H13F4NO3. The summed E-state index contributed by atoms with van der Waals surface area (Å²) in [5, 5.41) is 11.6. The Morgan fingerprint density at radius 1 is 1.12 bits per heavy atom. The predicted molar refractivity (Wildman–Crippen MR) is 76.7 cm³/mol. The van der Waals surface area contributed by atoms with Crippen LogP contribution in [0, 0.1) is 11.6 Å². The number of rotatable bonds is 6. The Hall–Kier alpha value is -2.61. The zero-order chi connectivity index (χ0) is 17.7. The van der Waals surface area contributed by atoms with Crippen LogP contribution in [0.2, 0.25) is 0 Å². The summed E-state index contributed by atoms with van der Waals surface area (Å²) in [4.78, 5) is 12.1. The summed E-state index contributed by atoms with van der Waals surface area (Å²) in [5.74, 6) is -4.57. The van der Waals surface area contributed by atoms with Gasteiger partial charge < -0.3 is 15.2 Å². The van der Waals surface area contributed by atoms with Gasteiger partial charge in [-0.2, -0.15) is 8.78 Å². The van der Waals surface area contributed by atoms with Crippen LogP contribution < -0.4 is 10.1 Å². The van der Waals surface area contributed by atoms with E-state index >= 15 is 0 Å². The number of amides is 1. The lowest BCUT2D eigenvalue weighted by Crippen LogP contribution is -2.32. The Kier molecular flexibility index (Phi) is 5.75. The summed E-state index contributed by atoms with van der Waals surface area (Å²) in [5.41, 5.74) is -0.419. The Morgan fingerprint density at radius 2 is 1.71 bits per heavy atom. The van der Waals surface area contributed by atoms with Gasteiger partial charge in [-0.05, 0) is 5.56 Å². The SMILES string of the molecule is O=C(N[C@H](CO)c1ccccc1)c1c(F)cc(OC(F)F)cc1F. The van der Waals surface area contributed by atoms with Crippen molar-refractivity contribution >= 4 is 5.91 Å². The second kappa shape index (κ2) is 7.78. The first-order valence-electron chi connectivity index (χ1n) is 6.83. The Balaban J connectivity index is 2.23. The average Bonchev–Trinajstić information content (AvgIpc) is 2.52. The molecular weight excluding hydrogens is 330 g/mol. The van der Waals surface area contributed by atoms with Gasteiger partial charge in [0, 0.05) is 12.1 Å². The van der Waals surface area contributed by atoms with Crippen molar-refractivity contribution in [1.82, 2.24) is 5.32 Å². The molecule has 0 radical (unpaired) electrons. The molecule has 0 saturated carbocycles. The minimum absolute atomic E-state index is 0.487. The zero-order valence-electron chi connectivity index (χ0n) is 12.2. The van der Waals surface area contributed by atoms with Crippen LogP contribution in [-0.4, -0.2) is 24.2 Å². The van der Waals surface area contributed by atoms with Crippen LogP contribution in [0.1, 0.15) is 22.0 Å². The lowest BCUT2D eigenvalue weighted by atomic mass is 10.1. The first-order chi connectivity index (χ1) is 11.4. The van der Waals surface area contributed by atoms with E-state index in [9.17, 15) is 27.5 Å². The molecule has 2 N–H and O–H groups in total. The largest absolute Gasteiger partial charge is 0.435 e. The lowest BCUT2D eigenvalue weighted by molar-refractivity contribution is -0.0501. The van der Waals surface area contributed by atoms with E-state index in [2.05, 4.69) is 10.1 Å². The van der Waals surface area contributed by atoms with Crippen molar-refractivity contribution in [3.05, 3.63) is 65.2 Å². The smallest absolute Gasteiger partial charge is 0.387 e. The van der Waals surface area contributed by atoms with Crippen molar-refractivity contribution in [2.75, 3.05) is 6.61 Å². The summed E-state index contributed by atoms with van der Waals surface area (Å²) in [6.07, 6.45) is 0. The number of benzene rings is 2. The molecule has 0 aliphatic rings. The van der Waals surface area contributed by atoms with Crippen molar-refractivity contribution in [3.63, 3.8) is 0 Å². The molecule has 0 spiro atoms. The third-order valence-electron chi connectivity index (χ3n) is 3.16. The van der Waals surface area contributed by atoms with Crippen LogP contribution in [0.4, 0.5) is 17.6 Å². The van der Waals surface area contributed by atoms with E-state index in [4.69, 9.17) is 0 Å². The second-order valence-corrected chi connectivity index (χ2v) is 4.76. The van der Waals surface area contributed by atoms with Crippen molar-refractivity contribution in [1.29, 1.82) is 0 Å². The van der Waals surface area contributed by atoms with Crippen LogP contribution in [0.15, 0.2) is 42.5 Å². The standard InChI is InChI=1S/C16H13F4NO3/c17-11-6-10(24-16(19)20)7-12(18)14(11)15(23)21-13(8-22)9-4-2-1-3-5-9/h1-7,13,16,22H,8H2,(H,21,23)/t13-/m1/s1. The van der Waals surface area contributed by atoms with Gasteiger partial charge in [0.2, 0.25) is 0 Å². The van der Waals surface area contributed by atoms with E-state index in [1.807, 2.05) is 0 Å². The van der Waals surface area contributed by atoms with Gasteiger partial charge in [0.1, 0.15) is 22.9 Å². The fourth-order valence-electron chi connectivity index (χ4n) is 2.09. The van der Waals surface area contributed by atoms with E-state index in [1.54, 1.807) is 30.3 Å². The molecule has 0 fully saturated rings. The number of alkyl halides is 2. The van der Waals surface area contributed by atoms with E-state index in [0.29, 0.717) is 17.7 Å². The summed E-state index contributed by atoms with van der Waals surface area (Å²) in [7, 11) is 0. The highest BCUT2D eigenvalue weighted by atomic mass is 19.3.